The zero-order valence-electron chi connectivity index (χ0n) is 15.4. The van der Waals surface area contributed by atoms with Gasteiger partial charge in [-0.3, -0.25) is 0 Å². The van der Waals surface area contributed by atoms with Gasteiger partial charge in [-0.05, 0) is 36.1 Å². The molecule has 2 aromatic heterocycles. The Morgan fingerprint density at radius 3 is 2.40 bits per heavy atom. The second kappa shape index (κ2) is 5.38. The molecule has 0 spiro atoms. The molecule has 4 aromatic rings. The Bertz CT molecular complexity index is 1320. The number of rotatable bonds is 1. The van der Waals surface area contributed by atoms with Crippen molar-refractivity contribution in [3.8, 4) is 0 Å². The van der Waals surface area contributed by atoms with Crippen molar-refractivity contribution >= 4 is 35.0 Å². The van der Waals surface area contributed by atoms with Crippen LogP contribution in [0.15, 0.2) is 36.4 Å². The summed E-state index contributed by atoms with van der Waals surface area (Å²) in [6, 6.07) is 13.3. The van der Waals surface area contributed by atoms with E-state index in [2.05, 4.69) is 86.9 Å². The molecular formula is C23H24N2. The highest BCUT2D eigenvalue weighted by molar-refractivity contribution is 5.86. The third-order valence-electron chi connectivity index (χ3n) is 5.29. The molecule has 2 heterocycles. The second-order valence-electron chi connectivity index (χ2n) is 7.34. The van der Waals surface area contributed by atoms with Crippen LogP contribution in [0.5, 0.6) is 0 Å². The van der Waals surface area contributed by atoms with E-state index in [0.717, 1.165) is 16.2 Å². The summed E-state index contributed by atoms with van der Waals surface area (Å²) in [5.74, 6) is 0.510. The van der Waals surface area contributed by atoms with Crippen LogP contribution < -0.4 is 10.7 Å². The molecule has 0 aliphatic carbocycles. The standard InChI is InChI=1S/C23H24N2/c1-13(2)17-8-10-19-21(12-17)25(6)16(5)23(19)22-15(4)24-20-11-14(3)7-9-18(20)22/h7-13,24H,4-5H2,1-3,6H3/b23-22+. The van der Waals surface area contributed by atoms with Crippen LogP contribution in [0.3, 0.4) is 0 Å². The molecule has 2 heteroatoms. The lowest BCUT2D eigenvalue weighted by Crippen LogP contribution is -2.12. The summed E-state index contributed by atoms with van der Waals surface area (Å²) in [5.41, 5.74) is 4.96. The van der Waals surface area contributed by atoms with Gasteiger partial charge in [0.1, 0.15) is 0 Å². The summed E-state index contributed by atoms with van der Waals surface area (Å²) in [6.45, 7) is 15.2. The van der Waals surface area contributed by atoms with Crippen LogP contribution in [-0.2, 0) is 7.05 Å². The number of aromatic nitrogens is 2. The summed E-state index contributed by atoms with van der Waals surface area (Å²) in [7, 11) is 2.10. The van der Waals surface area contributed by atoms with E-state index in [1.165, 1.54) is 37.9 Å². The number of H-pyrrole nitrogens is 1. The minimum Gasteiger partial charge on any atom is -0.355 e. The Labute approximate surface area is 147 Å². The highest BCUT2D eigenvalue weighted by Crippen LogP contribution is 2.22. The van der Waals surface area contributed by atoms with Gasteiger partial charge in [0.25, 0.3) is 0 Å². The van der Waals surface area contributed by atoms with E-state index in [1.54, 1.807) is 0 Å². The van der Waals surface area contributed by atoms with Crippen molar-refractivity contribution in [2.75, 3.05) is 0 Å². The van der Waals surface area contributed by atoms with E-state index in [0.29, 0.717) is 5.92 Å². The fourth-order valence-electron chi connectivity index (χ4n) is 3.80. The Morgan fingerprint density at radius 2 is 1.68 bits per heavy atom. The van der Waals surface area contributed by atoms with Crippen LogP contribution >= 0.6 is 0 Å². The molecule has 0 amide bonds. The van der Waals surface area contributed by atoms with Gasteiger partial charge in [-0.1, -0.05) is 51.3 Å². The average molecular weight is 328 g/mol. The Morgan fingerprint density at radius 1 is 0.960 bits per heavy atom. The third kappa shape index (κ3) is 2.25. The molecule has 25 heavy (non-hydrogen) atoms. The molecule has 0 radical (unpaired) electrons. The summed E-state index contributed by atoms with van der Waals surface area (Å²) in [5, 5.41) is 6.79. The molecule has 2 nitrogen and oxygen atoms in total. The summed E-state index contributed by atoms with van der Waals surface area (Å²) in [6.07, 6.45) is 0. The molecule has 0 saturated heterocycles. The summed E-state index contributed by atoms with van der Waals surface area (Å²) < 4.78 is 2.20. The molecule has 0 fully saturated rings. The van der Waals surface area contributed by atoms with Gasteiger partial charge < -0.3 is 9.55 Å². The molecule has 0 aliphatic heterocycles. The molecule has 126 valence electrons. The quantitative estimate of drug-likeness (QED) is 0.541. The van der Waals surface area contributed by atoms with Crippen LogP contribution in [-0.4, -0.2) is 9.55 Å². The minimum atomic E-state index is 0.510. The van der Waals surface area contributed by atoms with E-state index in [1.807, 2.05) is 0 Å². The van der Waals surface area contributed by atoms with E-state index in [-0.39, 0.29) is 0 Å². The number of benzene rings is 2. The molecule has 0 saturated carbocycles. The maximum Gasteiger partial charge on any atom is 0.0491 e. The fourth-order valence-corrected chi connectivity index (χ4v) is 3.80. The number of hydrogen-bond donors (Lipinski definition) is 1. The smallest absolute Gasteiger partial charge is 0.0491 e. The topological polar surface area (TPSA) is 20.7 Å². The van der Waals surface area contributed by atoms with Gasteiger partial charge in [-0.15, -0.1) is 0 Å². The van der Waals surface area contributed by atoms with Crippen molar-refractivity contribution in [2.45, 2.75) is 26.7 Å². The third-order valence-corrected chi connectivity index (χ3v) is 5.29. The maximum atomic E-state index is 4.37. The number of nitrogens with one attached hydrogen (secondary N) is 1. The number of fused-ring (bicyclic) bond motifs is 2. The normalized spacial score (nSPS) is 13.3. The predicted octanol–water partition coefficient (Wildman–Crippen LogP) is 4.20. The van der Waals surface area contributed by atoms with Crippen LogP contribution in [0, 0.1) is 17.4 Å². The first kappa shape index (κ1) is 15.8. The van der Waals surface area contributed by atoms with E-state index >= 15 is 0 Å². The molecule has 0 aliphatic rings. The minimum absolute atomic E-state index is 0.510. The zero-order chi connectivity index (χ0) is 17.9. The first-order valence-corrected chi connectivity index (χ1v) is 8.77. The predicted molar refractivity (Wildman–Crippen MR) is 108 cm³/mol. The Balaban J connectivity index is 2.32. The molecule has 0 unspecified atom stereocenters. The molecule has 4 rings (SSSR count). The lowest BCUT2D eigenvalue weighted by molar-refractivity contribution is 0.864. The first-order chi connectivity index (χ1) is 11.9. The van der Waals surface area contributed by atoms with Gasteiger partial charge in [0.05, 0.1) is 0 Å². The van der Waals surface area contributed by atoms with Crippen molar-refractivity contribution in [2.24, 2.45) is 7.05 Å². The van der Waals surface area contributed by atoms with E-state index in [4.69, 9.17) is 0 Å². The maximum absolute atomic E-state index is 4.37. The zero-order valence-corrected chi connectivity index (χ0v) is 15.4. The van der Waals surface area contributed by atoms with Crippen LogP contribution in [0.2, 0.25) is 0 Å². The van der Waals surface area contributed by atoms with Gasteiger partial charge in [-0.2, -0.15) is 0 Å². The lowest BCUT2D eigenvalue weighted by atomic mass is 10.0. The monoisotopic (exact) mass is 328 g/mol. The van der Waals surface area contributed by atoms with E-state index in [9.17, 15) is 0 Å². The molecule has 0 bridgehead atoms. The number of nitrogens with zero attached hydrogens (tertiary/aromatic N) is 1. The molecule has 2 aromatic carbocycles. The van der Waals surface area contributed by atoms with Crippen LogP contribution in [0.25, 0.3) is 35.0 Å². The SMILES string of the molecule is C=c1[nH]c2cc(C)ccc2/c1=c1\c(=C)n(C)c2cc(C(C)C)ccc12. The molecule has 1 N–H and O–H groups in total. The van der Waals surface area contributed by atoms with Crippen molar-refractivity contribution in [3.63, 3.8) is 0 Å². The van der Waals surface area contributed by atoms with Gasteiger partial charge in [0.2, 0.25) is 0 Å². The second-order valence-corrected chi connectivity index (χ2v) is 7.34. The van der Waals surface area contributed by atoms with Crippen molar-refractivity contribution in [3.05, 3.63) is 68.7 Å². The Kier molecular flexibility index (Phi) is 3.40. The number of hydrogen-bond acceptors (Lipinski definition) is 0. The highest BCUT2D eigenvalue weighted by atomic mass is 14.9. The van der Waals surface area contributed by atoms with Gasteiger partial charge >= 0.3 is 0 Å². The summed E-state index contributed by atoms with van der Waals surface area (Å²) >= 11 is 0. The Hall–Kier alpha value is -2.74. The van der Waals surface area contributed by atoms with Gasteiger partial charge in [0, 0.05) is 50.0 Å². The number of aromatic amines is 1. The average Bonchev–Trinajstić information content (AvgIpc) is 3.01. The first-order valence-electron chi connectivity index (χ1n) is 8.77. The van der Waals surface area contributed by atoms with Crippen LogP contribution in [0.4, 0.5) is 0 Å². The molecule has 0 atom stereocenters. The van der Waals surface area contributed by atoms with Crippen LogP contribution in [0.1, 0.15) is 30.9 Å². The van der Waals surface area contributed by atoms with Gasteiger partial charge in [0.15, 0.2) is 0 Å². The molecular weight excluding hydrogens is 304 g/mol. The number of aryl methyl sites for hydroxylation is 2. The van der Waals surface area contributed by atoms with Crippen molar-refractivity contribution in [1.82, 2.24) is 9.55 Å². The van der Waals surface area contributed by atoms with E-state index < -0.39 is 0 Å². The largest absolute Gasteiger partial charge is 0.355 e. The fraction of sp³-hybridized carbons (Fsp3) is 0.217. The van der Waals surface area contributed by atoms with Crippen molar-refractivity contribution < 1.29 is 0 Å². The lowest BCUT2D eigenvalue weighted by Gasteiger charge is -2.05. The summed E-state index contributed by atoms with van der Waals surface area (Å²) in [4.78, 5) is 3.45. The van der Waals surface area contributed by atoms with Gasteiger partial charge in [-0.25, -0.2) is 0 Å². The van der Waals surface area contributed by atoms with Crippen molar-refractivity contribution in [1.29, 1.82) is 0 Å². The highest BCUT2D eigenvalue weighted by Gasteiger charge is 2.09.